The summed E-state index contributed by atoms with van der Waals surface area (Å²) in [5.41, 5.74) is 3.27. The summed E-state index contributed by atoms with van der Waals surface area (Å²) in [4.78, 5) is 11.7. The molecule has 0 aliphatic heterocycles. The highest BCUT2D eigenvalue weighted by Crippen LogP contribution is 2.27. The van der Waals surface area contributed by atoms with E-state index in [0.29, 0.717) is 5.75 Å². The predicted octanol–water partition coefficient (Wildman–Crippen LogP) is 3.25. The minimum absolute atomic E-state index is 0.0314. The number of aryl methyl sites for hydroxylation is 2. The van der Waals surface area contributed by atoms with Crippen LogP contribution in [0.15, 0.2) is 12.1 Å². The summed E-state index contributed by atoms with van der Waals surface area (Å²) in [6, 6.07) is 4.25. The lowest BCUT2D eigenvalue weighted by Crippen LogP contribution is -2.00. The Morgan fingerprint density at radius 1 is 1.00 bits per heavy atom. The van der Waals surface area contributed by atoms with Gasteiger partial charge >= 0.3 is 12.0 Å². The van der Waals surface area contributed by atoms with E-state index in [1.165, 1.54) is 7.11 Å². The Morgan fingerprint density at radius 3 is 2.37 bits per heavy atom. The monoisotopic (exact) mass is 279 g/mol. The van der Waals surface area contributed by atoms with Crippen LogP contribution in [0.2, 0.25) is 5.28 Å². The number of aromatic nitrogens is 3. The molecule has 0 saturated carbocycles. The van der Waals surface area contributed by atoms with Gasteiger partial charge < -0.3 is 9.47 Å². The van der Waals surface area contributed by atoms with Crippen molar-refractivity contribution in [1.82, 2.24) is 15.0 Å². The number of halogens is 1. The summed E-state index contributed by atoms with van der Waals surface area (Å²) in [5.74, 6) is 0.696. The maximum absolute atomic E-state index is 5.78. The van der Waals surface area contributed by atoms with E-state index < -0.39 is 0 Å². The van der Waals surface area contributed by atoms with Gasteiger partial charge in [0.15, 0.2) is 0 Å². The molecule has 0 atom stereocenters. The van der Waals surface area contributed by atoms with Crippen LogP contribution in [0.1, 0.15) is 16.7 Å². The van der Waals surface area contributed by atoms with E-state index in [4.69, 9.17) is 21.1 Å². The Bertz CT molecular complexity index is 617. The van der Waals surface area contributed by atoms with Crippen molar-refractivity contribution in [2.24, 2.45) is 0 Å². The highest BCUT2D eigenvalue weighted by Gasteiger charge is 2.10. The molecule has 0 unspecified atom stereocenters. The van der Waals surface area contributed by atoms with Crippen LogP contribution >= 0.6 is 11.6 Å². The molecular formula is C13H14ClN3O2. The Labute approximate surface area is 116 Å². The van der Waals surface area contributed by atoms with Gasteiger partial charge in [-0.05, 0) is 55.1 Å². The van der Waals surface area contributed by atoms with E-state index in [1.807, 2.05) is 26.8 Å². The summed E-state index contributed by atoms with van der Waals surface area (Å²) in [5, 5.41) is 0.0314. The summed E-state index contributed by atoms with van der Waals surface area (Å²) < 4.78 is 10.6. The van der Waals surface area contributed by atoms with Crippen molar-refractivity contribution in [3.63, 3.8) is 0 Å². The van der Waals surface area contributed by atoms with Gasteiger partial charge in [0.1, 0.15) is 5.75 Å². The maximum Gasteiger partial charge on any atom is 0.329 e. The fourth-order valence-electron chi connectivity index (χ4n) is 1.66. The van der Waals surface area contributed by atoms with Crippen LogP contribution in [0.25, 0.3) is 0 Å². The molecule has 1 heterocycles. The summed E-state index contributed by atoms with van der Waals surface area (Å²) >= 11 is 5.78. The van der Waals surface area contributed by atoms with Crippen LogP contribution in [0, 0.1) is 20.8 Å². The summed E-state index contributed by atoms with van der Waals surface area (Å²) in [6.45, 7) is 6.00. The van der Waals surface area contributed by atoms with Gasteiger partial charge in [-0.15, -0.1) is 4.98 Å². The Balaban J connectivity index is 2.38. The van der Waals surface area contributed by atoms with Gasteiger partial charge in [-0.1, -0.05) is 6.07 Å². The van der Waals surface area contributed by atoms with Gasteiger partial charge in [0.25, 0.3) is 0 Å². The first-order valence-corrected chi connectivity index (χ1v) is 6.08. The fraction of sp³-hybridized carbons (Fsp3) is 0.308. The maximum atomic E-state index is 5.78. The lowest BCUT2D eigenvalue weighted by atomic mass is 10.1. The third kappa shape index (κ3) is 3.12. The van der Waals surface area contributed by atoms with Gasteiger partial charge in [0, 0.05) is 0 Å². The molecule has 2 rings (SSSR count). The first-order valence-electron chi connectivity index (χ1n) is 5.71. The minimum atomic E-state index is 0.0314. The summed E-state index contributed by atoms with van der Waals surface area (Å²) in [7, 11) is 1.46. The van der Waals surface area contributed by atoms with Crippen LogP contribution in [-0.4, -0.2) is 22.1 Å². The van der Waals surface area contributed by atoms with E-state index in [2.05, 4.69) is 21.0 Å². The smallest absolute Gasteiger partial charge is 0.329 e. The quantitative estimate of drug-likeness (QED) is 0.863. The number of nitrogens with zero attached hydrogens (tertiary/aromatic N) is 3. The van der Waals surface area contributed by atoms with Crippen LogP contribution in [0.4, 0.5) is 0 Å². The largest absolute Gasteiger partial charge is 0.467 e. The topological polar surface area (TPSA) is 57.1 Å². The zero-order valence-corrected chi connectivity index (χ0v) is 11.9. The zero-order chi connectivity index (χ0) is 14.0. The molecule has 0 bridgehead atoms. The molecule has 2 aromatic rings. The van der Waals surface area contributed by atoms with Crippen LogP contribution in [0.5, 0.6) is 17.8 Å². The Morgan fingerprint density at radius 2 is 1.68 bits per heavy atom. The number of rotatable bonds is 3. The SMILES string of the molecule is COc1nc(Cl)nc(Oc2cc(C)cc(C)c2C)n1. The molecule has 0 aliphatic rings. The van der Waals surface area contributed by atoms with E-state index in [9.17, 15) is 0 Å². The zero-order valence-electron chi connectivity index (χ0n) is 11.2. The minimum Gasteiger partial charge on any atom is -0.467 e. The fourth-order valence-corrected chi connectivity index (χ4v) is 1.80. The lowest BCUT2D eigenvalue weighted by Gasteiger charge is -2.11. The third-order valence-electron chi connectivity index (χ3n) is 2.71. The average Bonchev–Trinajstić information content (AvgIpc) is 2.34. The van der Waals surface area contributed by atoms with E-state index in [-0.39, 0.29) is 17.3 Å². The molecular weight excluding hydrogens is 266 g/mol. The predicted molar refractivity (Wildman–Crippen MR) is 72.1 cm³/mol. The molecule has 5 nitrogen and oxygen atoms in total. The van der Waals surface area contributed by atoms with E-state index in [0.717, 1.165) is 16.7 Å². The van der Waals surface area contributed by atoms with Crippen LogP contribution in [-0.2, 0) is 0 Å². The van der Waals surface area contributed by atoms with Crippen molar-refractivity contribution >= 4 is 11.6 Å². The van der Waals surface area contributed by atoms with E-state index >= 15 is 0 Å². The number of hydrogen-bond acceptors (Lipinski definition) is 5. The second kappa shape index (κ2) is 5.40. The molecule has 1 aromatic carbocycles. The molecule has 0 spiro atoms. The Hall–Kier alpha value is -1.88. The number of benzene rings is 1. The standard InChI is InChI=1S/C13H14ClN3O2/c1-7-5-8(2)9(3)10(6-7)19-13-16-11(14)15-12(17-13)18-4/h5-6H,1-4H3. The molecule has 0 saturated heterocycles. The Kier molecular flexibility index (Phi) is 3.85. The van der Waals surface area contributed by atoms with Gasteiger partial charge in [0.2, 0.25) is 5.28 Å². The number of ether oxygens (including phenoxy) is 2. The van der Waals surface area contributed by atoms with Crippen molar-refractivity contribution in [3.8, 4) is 17.8 Å². The molecule has 1 aromatic heterocycles. The van der Waals surface area contributed by atoms with Gasteiger partial charge in [-0.2, -0.15) is 9.97 Å². The first kappa shape index (κ1) is 13.5. The molecule has 0 amide bonds. The molecule has 0 aliphatic carbocycles. The molecule has 0 fully saturated rings. The summed E-state index contributed by atoms with van der Waals surface area (Å²) in [6.07, 6.45) is 0. The van der Waals surface area contributed by atoms with Crippen molar-refractivity contribution < 1.29 is 9.47 Å². The molecule has 100 valence electrons. The lowest BCUT2D eigenvalue weighted by molar-refractivity contribution is 0.358. The highest BCUT2D eigenvalue weighted by molar-refractivity contribution is 6.28. The normalized spacial score (nSPS) is 10.4. The van der Waals surface area contributed by atoms with Gasteiger partial charge in [-0.25, -0.2) is 0 Å². The average molecular weight is 280 g/mol. The van der Waals surface area contributed by atoms with E-state index in [1.54, 1.807) is 0 Å². The van der Waals surface area contributed by atoms with Crippen molar-refractivity contribution in [3.05, 3.63) is 34.1 Å². The molecule has 6 heteroatoms. The molecule has 0 N–H and O–H groups in total. The van der Waals surface area contributed by atoms with Gasteiger partial charge in [0.05, 0.1) is 7.11 Å². The third-order valence-corrected chi connectivity index (χ3v) is 2.88. The first-order chi connectivity index (χ1) is 8.99. The second-order valence-electron chi connectivity index (χ2n) is 4.18. The second-order valence-corrected chi connectivity index (χ2v) is 4.52. The highest BCUT2D eigenvalue weighted by atomic mass is 35.5. The number of methoxy groups -OCH3 is 1. The number of hydrogen-bond donors (Lipinski definition) is 0. The van der Waals surface area contributed by atoms with Crippen molar-refractivity contribution in [2.75, 3.05) is 7.11 Å². The van der Waals surface area contributed by atoms with Crippen LogP contribution in [0.3, 0.4) is 0 Å². The van der Waals surface area contributed by atoms with Crippen LogP contribution < -0.4 is 9.47 Å². The van der Waals surface area contributed by atoms with Gasteiger partial charge in [-0.3, -0.25) is 0 Å². The molecule has 19 heavy (non-hydrogen) atoms. The van der Waals surface area contributed by atoms with Crippen molar-refractivity contribution in [1.29, 1.82) is 0 Å². The van der Waals surface area contributed by atoms with Crippen molar-refractivity contribution in [2.45, 2.75) is 20.8 Å². The molecule has 0 radical (unpaired) electrons.